The summed E-state index contributed by atoms with van der Waals surface area (Å²) in [4.78, 5) is 0. The van der Waals surface area contributed by atoms with Gasteiger partial charge in [0.1, 0.15) is 11.6 Å². The summed E-state index contributed by atoms with van der Waals surface area (Å²) in [6.45, 7) is 1.78. The Kier molecular flexibility index (Phi) is 3.10. The van der Waals surface area contributed by atoms with E-state index in [9.17, 15) is 4.39 Å². The predicted octanol–water partition coefficient (Wildman–Crippen LogP) is 2.37. The molecule has 0 unspecified atom stereocenters. The van der Waals surface area contributed by atoms with E-state index in [2.05, 4.69) is 5.10 Å². The number of nitrogens with two attached hydrogens (primary N) is 1. The van der Waals surface area contributed by atoms with Crippen LogP contribution >= 0.6 is 0 Å². The molecule has 1 atom stereocenters. The van der Waals surface area contributed by atoms with Gasteiger partial charge in [-0.1, -0.05) is 0 Å². The second-order valence-electron chi connectivity index (χ2n) is 3.92. The molecule has 0 amide bonds. The van der Waals surface area contributed by atoms with E-state index in [0.29, 0.717) is 17.1 Å². The molecule has 2 N–H and O–H groups in total. The molecule has 0 aliphatic carbocycles. The fraction of sp³-hybridized carbons (Fsp3) is 0.250. The molecule has 90 valence electrons. The monoisotopic (exact) mass is 235 g/mol. The summed E-state index contributed by atoms with van der Waals surface area (Å²) in [7, 11) is 1.80. The number of rotatable bonds is 3. The van der Waals surface area contributed by atoms with E-state index in [4.69, 9.17) is 10.5 Å². The van der Waals surface area contributed by atoms with Gasteiger partial charge in [-0.25, -0.2) is 4.39 Å². The van der Waals surface area contributed by atoms with Crippen LogP contribution in [0.15, 0.2) is 30.6 Å². The maximum Gasteiger partial charge on any atom is 0.165 e. The molecule has 0 saturated carbocycles. The molecule has 1 aromatic carbocycles. The van der Waals surface area contributed by atoms with E-state index in [-0.39, 0.29) is 11.9 Å². The van der Waals surface area contributed by atoms with E-state index in [0.717, 1.165) is 0 Å². The average Bonchev–Trinajstić information content (AvgIpc) is 2.66. The molecule has 17 heavy (non-hydrogen) atoms. The number of hydrogen-bond acceptors (Lipinski definition) is 3. The van der Waals surface area contributed by atoms with Crippen molar-refractivity contribution in [2.24, 2.45) is 12.8 Å². The third-order valence-electron chi connectivity index (χ3n) is 2.37. The van der Waals surface area contributed by atoms with Crippen LogP contribution in [0.25, 0.3) is 0 Å². The smallest absolute Gasteiger partial charge is 0.165 e. The van der Waals surface area contributed by atoms with Crippen LogP contribution in [0.3, 0.4) is 0 Å². The summed E-state index contributed by atoms with van der Waals surface area (Å²) in [5, 5.41) is 3.99. The quantitative estimate of drug-likeness (QED) is 0.888. The molecule has 4 nitrogen and oxygen atoms in total. The van der Waals surface area contributed by atoms with Crippen LogP contribution in [0.1, 0.15) is 18.5 Å². The van der Waals surface area contributed by atoms with Crippen molar-refractivity contribution in [2.75, 3.05) is 0 Å². The van der Waals surface area contributed by atoms with Gasteiger partial charge in [0.2, 0.25) is 0 Å². The van der Waals surface area contributed by atoms with Crippen LogP contribution in [0.2, 0.25) is 0 Å². The average molecular weight is 235 g/mol. The lowest BCUT2D eigenvalue weighted by Crippen LogP contribution is -2.07. The van der Waals surface area contributed by atoms with Crippen molar-refractivity contribution in [3.63, 3.8) is 0 Å². The third kappa shape index (κ3) is 2.62. The van der Waals surface area contributed by atoms with Crippen LogP contribution in [0.4, 0.5) is 4.39 Å². The Balaban J connectivity index is 2.32. The van der Waals surface area contributed by atoms with Gasteiger partial charge >= 0.3 is 0 Å². The molecule has 0 aliphatic heterocycles. The SMILES string of the molecule is C[C@@H](N)c1cc(F)ccc1Oc1cnn(C)c1. The zero-order valence-corrected chi connectivity index (χ0v) is 9.72. The van der Waals surface area contributed by atoms with Gasteiger partial charge in [0.15, 0.2) is 5.75 Å². The van der Waals surface area contributed by atoms with Crippen molar-refractivity contribution < 1.29 is 9.13 Å². The fourth-order valence-corrected chi connectivity index (χ4v) is 1.55. The van der Waals surface area contributed by atoms with E-state index < -0.39 is 0 Å². The topological polar surface area (TPSA) is 53.1 Å². The normalized spacial score (nSPS) is 12.5. The summed E-state index contributed by atoms with van der Waals surface area (Å²) in [6.07, 6.45) is 3.32. The number of halogens is 1. The van der Waals surface area contributed by atoms with Gasteiger partial charge in [-0.3, -0.25) is 4.68 Å². The molecule has 0 radical (unpaired) electrons. The highest BCUT2D eigenvalue weighted by Gasteiger charge is 2.11. The summed E-state index contributed by atoms with van der Waals surface area (Å²) < 4.78 is 20.4. The van der Waals surface area contributed by atoms with Crippen LogP contribution in [0, 0.1) is 5.82 Å². The standard InChI is InChI=1S/C12H14FN3O/c1-8(14)11-5-9(13)3-4-12(11)17-10-6-15-16(2)7-10/h3-8H,14H2,1-2H3/t8-/m1/s1. The number of hydrogen-bond donors (Lipinski definition) is 1. The minimum atomic E-state index is -0.323. The maximum atomic E-state index is 13.1. The van der Waals surface area contributed by atoms with Gasteiger partial charge in [0.25, 0.3) is 0 Å². The number of aromatic nitrogens is 2. The van der Waals surface area contributed by atoms with Crippen LogP contribution < -0.4 is 10.5 Å². The molecule has 2 aromatic rings. The maximum absolute atomic E-state index is 13.1. The van der Waals surface area contributed by atoms with E-state index in [1.165, 1.54) is 12.1 Å². The van der Waals surface area contributed by atoms with Crippen molar-refractivity contribution in [3.05, 3.63) is 42.0 Å². The Morgan fingerprint density at radius 3 is 2.82 bits per heavy atom. The minimum absolute atomic E-state index is 0.294. The molecule has 5 heteroatoms. The summed E-state index contributed by atoms with van der Waals surface area (Å²) in [6, 6.07) is 4.01. The molecular formula is C12H14FN3O. The zero-order chi connectivity index (χ0) is 12.4. The Morgan fingerprint density at radius 1 is 1.47 bits per heavy atom. The van der Waals surface area contributed by atoms with Gasteiger partial charge in [0, 0.05) is 18.7 Å². The van der Waals surface area contributed by atoms with Crippen LogP contribution in [0.5, 0.6) is 11.5 Å². The molecule has 2 rings (SSSR count). The molecule has 1 heterocycles. The molecular weight excluding hydrogens is 221 g/mol. The lowest BCUT2D eigenvalue weighted by Gasteiger charge is -2.12. The summed E-state index contributed by atoms with van der Waals surface area (Å²) in [5.41, 5.74) is 6.41. The Hall–Kier alpha value is -1.88. The van der Waals surface area contributed by atoms with Crippen LogP contribution in [-0.4, -0.2) is 9.78 Å². The summed E-state index contributed by atoms with van der Waals surface area (Å²) in [5.74, 6) is 0.825. The predicted molar refractivity (Wildman–Crippen MR) is 62.3 cm³/mol. The van der Waals surface area contributed by atoms with Crippen molar-refractivity contribution >= 4 is 0 Å². The van der Waals surface area contributed by atoms with Gasteiger partial charge < -0.3 is 10.5 Å². The van der Waals surface area contributed by atoms with Crippen LogP contribution in [-0.2, 0) is 7.05 Å². The minimum Gasteiger partial charge on any atom is -0.454 e. The van der Waals surface area contributed by atoms with Crippen molar-refractivity contribution in [1.29, 1.82) is 0 Å². The largest absolute Gasteiger partial charge is 0.454 e. The van der Waals surface area contributed by atoms with E-state index in [1.807, 2.05) is 0 Å². The number of aryl methyl sites for hydroxylation is 1. The molecule has 0 fully saturated rings. The first-order valence-corrected chi connectivity index (χ1v) is 5.28. The second-order valence-corrected chi connectivity index (χ2v) is 3.92. The van der Waals surface area contributed by atoms with Crippen molar-refractivity contribution in [1.82, 2.24) is 9.78 Å². The number of benzene rings is 1. The summed E-state index contributed by atoms with van der Waals surface area (Å²) >= 11 is 0. The lowest BCUT2D eigenvalue weighted by atomic mass is 10.1. The molecule has 0 spiro atoms. The lowest BCUT2D eigenvalue weighted by molar-refractivity contribution is 0.468. The number of ether oxygens (including phenoxy) is 1. The first-order valence-electron chi connectivity index (χ1n) is 5.28. The van der Waals surface area contributed by atoms with E-state index >= 15 is 0 Å². The molecule has 0 aliphatic rings. The number of nitrogens with zero attached hydrogens (tertiary/aromatic N) is 2. The van der Waals surface area contributed by atoms with E-state index in [1.54, 1.807) is 37.1 Å². The highest BCUT2D eigenvalue weighted by molar-refractivity contribution is 5.38. The van der Waals surface area contributed by atoms with Crippen molar-refractivity contribution in [3.8, 4) is 11.5 Å². The van der Waals surface area contributed by atoms with Gasteiger partial charge in [-0.15, -0.1) is 0 Å². The Morgan fingerprint density at radius 2 is 2.24 bits per heavy atom. The van der Waals surface area contributed by atoms with Gasteiger partial charge in [-0.2, -0.15) is 5.10 Å². The molecule has 0 bridgehead atoms. The zero-order valence-electron chi connectivity index (χ0n) is 9.72. The first kappa shape index (κ1) is 11.6. The molecule has 1 aromatic heterocycles. The highest BCUT2D eigenvalue weighted by Crippen LogP contribution is 2.29. The third-order valence-corrected chi connectivity index (χ3v) is 2.37. The highest BCUT2D eigenvalue weighted by atomic mass is 19.1. The fourth-order valence-electron chi connectivity index (χ4n) is 1.55. The second kappa shape index (κ2) is 4.55. The van der Waals surface area contributed by atoms with Crippen molar-refractivity contribution in [2.45, 2.75) is 13.0 Å². The van der Waals surface area contributed by atoms with Gasteiger partial charge in [-0.05, 0) is 25.1 Å². The van der Waals surface area contributed by atoms with Gasteiger partial charge in [0.05, 0.1) is 12.4 Å². The molecule has 0 saturated heterocycles. The first-order chi connectivity index (χ1) is 8.06. The Labute approximate surface area is 98.8 Å². The Bertz CT molecular complexity index is 522.